The van der Waals surface area contributed by atoms with Crippen molar-refractivity contribution in [2.24, 2.45) is 10.7 Å². The summed E-state index contributed by atoms with van der Waals surface area (Å²) < 4.78 is 0.552. The number of benzene rings is 1. The number of halogens is 2. The molecule has 0 saturated carbocycles. The first kappa shape index (κ1) is 12.3. The van der Waals surface area contributed by atoms with Crippen LogP contribution in [0.4, 0.5) is 5.69 Å². The van der Waals surface area contributed by atoms with Crippen molar-refractivity contribution in [3.05, 3.63) is 27.3 Å². The highest BCUT2D eigenvalue weighted by Gasteiger charge is 2.10. The molecule has 0 aromatic heterocycles. The van der Waals surface area contributed by atoms with Gasteiger partial charge in [-0.2, -0.15) is 0 Å². The summed E-state index contributed by atoms with van der Waals surface area (Å²) in [6.07, 6.45) is 0. The summed E-state index contributed by atoms with van der Waals surface area (Å²) in [5, 5.41) is 8.87. The molecule has 0 radical (unpaired) electrons. The molecule has 3 N–H and O–H groups in total. The maximum absolute atomic E-state index is 10.8. The molecule has 0 aliphatic heterocycles. The molecule has 80 valence electrons. The van der Waals surface area contributed by atoms with Crippen molar-refractivity contribution in [1.82, 2.24) is 0 Å². The average molecular weight is 339 g/mol. The topological polar surface area (TPSA) is 75.7 Å². The lowest BCUT2D eigenvalue weighted by molar-refractivity contribution is 0.0696. The van der Waals surface area contributed by atoms with Gasteiger partial charge in [-0.05, 0) is 34.7 Å². The molecule has 1 aromatic rings. The number of carbonyl (C=O) groups is 1. The van der Waals surface area contributed by atoms with E-state index in [9.17, 15) is 4.79 Å². The van der Waals surface area contributed by atoms with Crippen LogP contribution in [0.3, 0.4) is 0 Å². The van der Waals surface area contributed by atoms with Gasteiger partial charge in [-0.3, -0.25) is 0 Å². The number of hydrogen-bond donors (Lipinski definition) is 2. The molecule has 0 bridgehead atoms. The van der Waals surface area contributed by atoms with E-state index in [0.717, 1.165) is 0 Å². The first-order valence-corrected chi connectivity index (χ1v) is 5.58. The second-order valence-corrected chi connectivity index (χ2v) is 4.03. The van der Waals surface area contributed by atoms with E-state index in [1.807, 2.05) is 22.6 Å². The van der Waals surface area contributed by atoms with Crippen molar-refractivity contribution >= 4 is 51.7 Å². The maximum atomic E-state index is 10.8. The van der Waals surface area contributed by atoms with E-state index in [-0.39, 0.29) is 17.3 Å². The number of aromatic carboxylic acids is 1. The van der Waals surface area contributed by atoms with Crippen molar-refractivity contribution in [1.29, 1.82) is 0 Å². The van der Waals surface area contributed by atoms with Gasteiger partial charge in [-0.25, -0.2) is 9.79 Å². The van der Waals surface area contributed by atoms with Crippen molar-refractivity contribution in [2.45, 2.75) is 0 Å². The first-order chi connectivity index (χ1) is 7.06. The third-order valence-corrected chi connectivity index (χ3v) is 3.02. The van der Waals surface area contributed by atoms with Crippen LogP contribution in [0.15, 0.2) is 23.2 Å². The first-order valence-electron chi connectivity index (χ1n) is 3.97. The lowest BCUT2D eigenvalue weighted by Crippen LogP contribution is -2.12. The average Bonchev–Trinajstić information content (AvgIpc) is 2.20. The lowest BCUT2D eigenvalue weighted by atomic mass is 10.2. The molecule has 6 heteroatoms. The number of nitrogens with zero attached hydrogens (tertiary/aromatic N) is 1. The van der Waals surface area contributed by atoms with Gasteiger partial charge in [0.25, 0.3) is 0 Å². The summed E-state index contributed by atoms with van der Waals surface area (Å²) in [6, 6.07) is 4.82. The Balaban J connectivity index is 3.21. The number of hydrogen-bond acceptors (Lipinski definition) is 2. The highest BCUT2D eigenvalue weighted by Crippen LogP contribution is 2.24. The van der Waals surface area contributed by atoms with Gasteiger partial charge in [0.05, 0.1) is 20.7 Å². The van der Waals surface area contributed by atoms with Crippen LogP contribution in [0.1, 0.15) is 10.4 Å². The third-order valence-electron chi connectivity index (χ3n) is 1.61. The molecule has 0 amide bonds. The van der Waals surface area contributed by atoms with E-state index in [1.165, 1.54) is 6.07 Å². The van der Waals surface area contributed by atoms with Crippen LogP contribution >= 0.6 is 34.2 Å². The van der Waals surface area contributed by atoms with Gasteiger partial charge in [0.1, 0.15) is 5.84 Å². The Morgan fingerprint density at radius 2 is 2.27 bits per heavy atom. The standard InChI is InChI=1S/C9H8ClIN2O2/c10-4-7(12)13-6-3-1-2-5(8(6)11)9(14)15/h1-3H,4H2,(H2,12,13)(H,14,15). The molecular formula is C9H8ClIN2O2. The van der Waals surface area contributed by atoms with Gasteiger partial charge in [0.15, 0.2) is 0 Å². The largest absolute Gasteiger partial charge is 0.478 e. The Labute approximate surface area is 105 Å². The summed E-state index contributed by atoms with van der Waals surface area (Å²) in [5.41, 5.74) is 6.20. The number of nitrogens with two attached hydrogens (primary N) is 1. The van der Waals surface area contributed by atoms with E-state index in [4.69, 9.17) is 22.4 Å². The Morgan fingerprint density at radius 3 is 2.80 bits per heavy atom. The second kappa shape index (κ2) is 5.32. The monoisotopic (exact) mass is 338 g/mol. The van der Waals surface area contributed by atoms with Crippen LogP contribution in [-0.2, 0) is 0 Å². The Kier molecular flexibility index (Phi) is 4.34. The molecule has 0 heterocycles. The van der Waals surface area contributed by atoms with Crippen LogP contribution in [-0.4, -0.2) is 22.8 Å². The number of alkyl halides is 1. The van der Waals surface area contributed by atoms with Gasteiger partial charge in [-0.1, -0.05) is 6.07 Å². The molecule has 0 saturated heterocycles. The molecule has 4 nitrogen and oxygen atoms in total. The normalized spacial score (nSPS) is 11.5. The quantitative estimate of drug-likeness (QED) is 0.384. The molecule has 0 fully saturated rings. The summed E-state index contributed by atoms with van der Waals surface area (Å²) in [4.78, 5) is 14.8. The SMILES string of the molecule is NC(CCl)=Nc1cccc(C(=O)O)c1I. The number of carboxylic acid groups (broad SMARTS) is 1. The minimum Gasteiger partial charge on any atom is -0.478 e. The number of rotatable bonds is 3. The summed E-state index contributed by atoms with van der Waals surface area (Å²) in [7, 11) is 0. The van der Waals surface area contributed by atoms with Gasteiger partial charge in [0, 0.05) is 0 Å². The van der Waals surface area contributed by atoms with E-state index in [1.54, 1.807) is 12.1 Å². The van der Waals surface area contributed by atoms with Gasteiger partial charge in [-0.15, -0.1) is 11.6 Å². The fourth-order valence-electron chi connectivity index (χ4n) is 0.956. The number of amidine groups is 1. The van der Waals surface area contributed by atoms with E-state index in [0.29, 0.717) is 9.26 Å². The zero-order valence-electron chi connectivity index (χ0n) is 7.58. The van der Waals surface area contributed by atoms with Crippen LogP contribution in [0.25, 0.3) is 0 Å². The molecule has 15 heavy (non-hydrogen) atoms. The van der Waals surface area contributed by atoms with Crippen LogP contribution in [0.5, 0.6) is 0 Å². The minimum atomic E-state index is -0.985. The number of aliphatic imine (C=N–C) groups is 1. The van der Waals surface area contributed by atoms with Crippen molar-refractivity contribution in [3.63, 3.8) is 0 Å². The van der Waals surface area contributed by atoms with E-state index in [2.05, 4.69) is 4.99 Å². The zero-order chi connectivity index (χ0) is 11.4. The summed E-state index contributed by atoms with van der Waals surface area (Å²) in [6.45, 7) is 0. The van der Waals surface area contributed by atoms with Crippen LogP contribution in [0.2, 0.25) is 0 Å². The molecule has 1 aromatic carbocycles. The van der Waals surface area contributed by atoms with Crippen molar-refractivity contribution < 1.29 is 9.90 Å². The molecule has 1 rings (SSSR count). The van der Waals surface area contributed by atoms with Crippen LogP contribution in [0, 0.1) is 3.57 Å². The molecule has 0 aliphatic carbocycles. The Bertz CT molecular complexity index is 421. The van der Waals surface area contributed by atoms with Crippen molar-refractivity contribution in [2.75, 3.05) is 5.88 Å². The van der Waals surface area contributed by atoms with E-state index >= 15 is 0 Å². The lowest BCUT2D eigenvalue weighted by Gasteiger charge is -2.03. The molecule has 0 atom stereocenters. The predicted molar refractivity (Wildman–Crippen MR) is 68.1 cm³/mol. The minimum absolute atomic E-state index is 0.118. The Hall–Kier alpha value is -0.820. The third kappa shape index (κ3) is 3.07. The van der Waals surface area contributed by atoms with Gasteiger partial charge in [0.2, 0.25) is 0 Å². The second-order valence-electron chi connectivity index (χ2n) is 2.68. The highest BCUT2D eigenvalue weighted by atomic mass is 127. The summed E-state index contributed by atoms with van der Waals surface area (Å²) in [5.74, 6) is -0.606. The maximum Gasteiger partial charge on any atom is 0.336 e. The van der Waals surface area contributed by atoms with Gasteiger partial charge >= 0.3 is 5.97 Å². The fourth-order valence-corrected chi connectivity index (χ4v) is 1.73. The molecule has 0 spiro atoms. The van der Waals surface area contributed by atoms with Crippen LogP contribution < -0.4 is 5.73 Å². The molecule has 0 unspecified atom stereocenters. The summed E-state index contributed by atoms with van der Waals surface area (Å²) >= 11 is 7.40. The number of carboxylic acids is 1. The molecule has 0 aliphatic rings. The highest BCUT2D eigenvalue weighted by molar-refractivity contribution is 14.1. The Morgan fingerprint density at radius 1 is 1.60 bits per heavy atom. The van der Waals surface area contributed by atoms with Crippen molar-refractivity contribution in [3.8, 4) is 0 Å². The molecular weight excluding hydrogens is 330 g/mol. The smallest absolute Gasteiger partial charge is 0.336 e. The zero-order valence-corrected chi connectivity index (χ0v) is 10.5. The van der Waals surface area contributed by atoms with E-state index < -0.39 is 5.97 Å². The fraction of sp³-hybridized carbons (Fsp3) is 0.111. The van der Waals surface area contributed by atoms with Gasteiger partial charge < -0.3 is 10.8 Å². The predicted octanol–water partition coefficient (Wildman–Crippen LogP) is 2.22.